The summed E-state index contributed by atoms with van der Waals surface area (Å²) in [5, 5.41) is 7.13. The lowest BCUT2D eigenvalue weighted by molar-refractivity contribution is -0.143. The molecule has 0 amide bonds. The molecule has 0 fully saturated rings. The molecule has 12 heteroatoms. The second-order valence-corrected chi connectivity index (χ2v) is 5.80. The van der Waals surface area contributed by atoms with Crippen LogP contribution in [-0.2, 0) is 12.4 Å². The Morgan fingerprint density at radius 3 is 1.87 bits per heavy atom. The number of methoxy groups -OCH3 is 1. The van der Waals surface area contributed by atoms with E-state index in [2.05, 4.69) is 9.97 Å². The molecule has 30 heavy (non-hydrogen) atoms. The van der Waals surface area contributed by atoms with Crippen LogP contribution in [0.2, 0.25) is 0 Å². The van der Waals surface area contributed by atoms with E-state index in [1.807, 2.05) is 0 Å². The van der Waals surface area contributed by atoms with Gasteiger partial charge in [0.15, 0.2) is 0 Å². The lowest BCUT2D eigenvalue weighted by Crippen LogP contribution is -2.11. The molecule has 0 radical (unpaired) electrons. The summed E-state index contributed by atoms with van der Waals surface area (Å²) in [5.41, 5.74) is 8.27. The van der Waals surface area contributed by atoms with E-state index in [4.69, 9.17) is 21.3 Å². The summed E-state index contributed by atoms with van der Waals surface area (Å²) in [5.74, 6) is -0.329. The Morgan fingerprint density at radius 2 is 1.40 bits per heavy atom. The predicted molar refractivity (Wildman–Crippen MR) is 98.5 cm³/mol. The van der Waals surface area contributed by atoms with Crippen LogP contribution in [0.15, 0.2) is 30.3 Å². The van der Waals surface area contributed by atoms with Gasteiger partial charge in [0.05, 0.1) is 29.1 Å². The summed E-state index contributed by atoms with van der Waals surface area (Å²) >= 11 is 0. The number of rotatable bonds is 2. The zero-order valence-electron chi connectivity index (χ0n) is 15.6. The van der Waals surface area contributed by atoms with E-state index in [-0.39, 0.29) is 45.6 Å². The average molecular weight is 434 g/mol. The first-order chi connectivity index (χ1) is 13.9. The molecule has 3 rings (SSSR count). The van der Waals surface area contributed by atoms with Crippen LogP contribution in [0.4, 0.5) is 38.1 Å². The monoisotopic (exact) mass is 434 g/mol. The minimum absolute atomic E-state index is 0.0355. The first kappa shape index (κ1) is 23.0. The number of fused-ring (bicyclic) bond motifs is 1. The Balaban J connectivity index is 0.00000155. The van der Waals surface area contributed by atoms with E-state index < -0.39 is 23.5 Å². The summed E-state index contributed by atoms with van der Waals surface area (Å²) in [6.45, 7) is 0. The molecule has 0 aliphatic carbocycles. The van der Waals surface area contributed by atoms with Crippen LogP contribution < -0.4 is 16.2 Å². The zero-order chi connectivity index (χ0) is 22.9. The number of ether oxygens (including phenoxy) is 1. The number of aliphatic hydroxyl groups excluding tert-OH is 1. The predicted octanol–water partition coefficient (Wildman–Crippen LogP) is 4.12. The van der Waals surface area contributed by atoms with Gasteiger partial charge in [-0.2, -0.15) is 31.3 Å². The van der Waals surface area contributed by atoms with Crippen LogP contribution in [0.5, 0.6) is 5.75 Å². The molecule has 1 aromatic heterocycles. The van der Waals surface area contributed by atoms with Crippen LogP contribution >= 0.6 is 0 Å². The van der Waals surface area contributed by atoms with Crippen LogP contribution in [0.1, 0.15) is 11.1 Å². The van der Waals surface area contributed by atoms with Gasteiger partial charge in [-0.15, -0.1) is 0 Å². The quantitative estimate of drug-likeness (QED) is 0.524. The van der Waals surface area contributed by atoms with Crippen molar-refractivity contribution < 1.29 is 36.2 Å². The number of alkyl halides is 6. The smallest absolute Gasteiger partial charge is 0.416 e. The summed E-state index contributed by atoms with van der Waals surface area (Å²) in [6.07, 6.45) is -9.95. The highest BCUT2D eigenvalue weighted by molar-refractivity contribution is 5.99. The van der Waals surface area contributed by atoms with Gasteiger partial charge in [0, 0.05) is 12.7 Å². The summed E-state index contributed by atoms with van der Waals surface area (Å²) in [6, 6.07) is 3.90. The maximum Gasteiger partial charge on any atom is 0.416 e. The molecule has 0 spiro atoms. The van der Waals surface area contributed by atoms with Crippen molar-refractivity contribution in [1.82, 2.24) is 9.97 Å². The molecule has 0 saturated heterocycles. The number of aliphatic hydroxyl groups is 1. The van der Waals surface area contributed by atoms with Gasteiger partial charge in [0.2, 0.25) is 5.95 Å². The number of hydrogen-bond acceptors (Lipinski definition) is 6. The Hall–Kier alpha value is -3.28. The molecule has 0 bridgehead atoms. The van der Waals surface area contributed by atoms with Crippen molar-refractivity contribution in [2.45, 2.75) is 12.4 Å². The van der Waals surface area contributed by atoms with Crippen molar-refractivity contribution in [2.75, 3.05) is 25.7 Å². The zero-order valence-corrected chi connectivity index (χ0v) is 15.6. The molecular formula is C18H16F6N4O2. The maximum absolute atomic E-state index is 13.1. The molecule has 0 unspecified atom stereocenters. The lowest BCUT2D eigenvalue weighted by Gasteiger charge is -2.17. The number of nitrogens with zero attached hydrogens (tertiary/aromatic N) is 2. The Bertz CT molecular complexity index is 1030. The first-order valence-corrected chi connectivity index (χ1v) is 8.06. The van der Waals surface area contributed by atoms with Crippen LogP contribution in [-0.4, -0.2) is 29.3 Å². The molecule has 0 aliphatic rings. The van der Waals surface area contributed by atoms with Gasteiger partial charge < -0.3 is 21.3 Å². The molecule has 2 aromatic carbocycles. The van der Waals surface area contributed by atoms with Gasteiger partial charge in [0.25, 0.3) is 0 Å². The van der Waals surface area contributed by atoms with Crippen molar-refractivity contribution in [3.8, 4) is 16.9 Å². The minimum Gasteiger partial charge on any atom is -0.495 e. The van der Waals surface area contributed by atoms with E-state index in [0.29, 0.717) is 12.1 Å². The molecule has 162 valence electrons. The average Bonchev–Trinajstić information content (AvgIpc) is 2.66. The van der Waals surface area contributed by atoms with E-state index in [1.165, 1.54) is 19.2 Å². The minimum atomic E-state index is -4.98. The fourth-order valence-corrected chi connectivity index (χ4v) is 2.79. The third kappa shape index (κ3) is 4.48. The first-order valence-electron chi connectivity index (χ1n) is 8.06. The second-order valence-electron chi connectivity index (χ2n) is 5.80. The van der Waals surface area contributed by atoms with E-state index in [0.717, 1.165) is 7.11 Å². The summed E-state index contributed by atoms with van der Waals surface area (Å²) in [4.78, 5) is 7.70. The Morgan fingerprint density at radius 1 is 0.867 bits per heavy atom. The van der Waals surface area contributed by atoms with Crippen LogP contribution in [0.25, 0.3) is 22.0 Å². The topological polar surface area (TPSA) is 107 Å². The number of benzene rings is 2. The number of halogens is 6. The van der Waals surface area contributed by atoms with Crippen molar-refractivity contribution in [3.63, 3.8) is 0 Å². The van der Waals surface area contributed by atoms with Gasteiger partial charge in [-0.3, -0.25) is 0 Å². The molecule has 6 nitrogen and oxygen atoms in total. The van der Waals surface area contributed by atoms with E-state index in [1.54, 1.807) is 0 Å². The largest absolute Gasteiger partial charge is 0.495 e. The molecule has 1 heterocycles. The third-order valence-electron chi connectivity index (χ3n) is 3.96. The Kier molecular flexibility index (Phi) is 6.30. The molecule has 0 saturated carbocycles. The van der Waals surface area contributed by atoms with Gasteiger partial charge in [0.1, 0.15) is 11.6 Å². The third-order valence-corrected chi connectivity index (χ3v) is 3.96. The van der Waals surface area contributed by atoms with Crippen LogP contribution in [0.3, 0.4) is 0 Å². The highest BCUT2D eigenvalue weighted by Crippen LogP contribution is 2.43. The number of anilines is 2. The Labute approximate surface area is 166 Å². The maximum atomic E-state index is 13.1. The van der Waals surface area contributed by atoms with Crippen LogP contribution in [0, 0.1) is 0 Å². The highest BCUT2D eigenvalue weighted by Gasteiger charge is 2.37. The SMILES string of the molecule is CO.COc1c(-c2cc(C(F)(F)F)cc(C(F)(F)F)c2)ccc2nc(N)nc(N)c12. The van der Waals surface area contributed by atoms with Gasteiger partial charge in [-0.25, -0.2) is 4.98 Å². The number of hydrogen-bond donors (Lipinski definition) is 3. The molecule has 3 aromatic rings. The fourth-order valence-electron chi connectivity index (χ4n) is 2.79. The van der Waals surface area contributed by atoms with Crippen molar-refractivity contribution in [2.24, 2.45) is 0 Å². The molecule has 0 aliphatic heterocycles. The number of nitrogen functional groups attached to an aromatic ring is 2. The van der Waals surface area contributed by atoms with Gasteiger partial charge >= 0.3 is 12.4 Å². The fraction of sp³-hybridized carbons (Fsp3) is 0.222. The summed E-state index contributed by atoms with van der Waals surface area (Å²) < 4.78 is 84.1. The second kappa shape index (κ2) is 8.22. The molecule has 0 atom stereocenters. The molecule has 5 N–H and O–H groups in total. The highest BCUT2D eigenvalue weighted by atomic mass is 19.4. The number of aromatic nitrogens is 2. The molecular weight excluding hydrogens is 418 g/mol. The van der Waals surface area contributed by atoms with Crippen molar-refractivity contribution in [3.05, 3.63) is 41.5 Å². The standard InChI is InChI=1S/C17H12F6N4O.CH4O/c1-28-13-10(2-3-11-12(13)14(24)27-15(25)26-11)7-4-8(16(18,19)20)6-9(5-7)17(21,22)23;1-2/h2-6H,1H3,(H4,24,25,26,27);2H,1H3. The van der Waals surface area contributed by atoms with Crippen molar-refractivity contribution in [1.29, 1.82) is 0 Å². The number of nitrogens with two attached hydrogens (primary N) is 2. The summed E-state index contributed by atoms with van der Waals surface area (Å²) in [7, 11) is 2.20. The van der Waals surface area contributed by atoms with E-state index in [9.17, 15) is 26.3 Å². The normalized spacial score (nSPS) is 11.8. The van der Waals surface area contributed by atoms with E-state index >= 15 is 0 Å². The lowest BCUT2D eigenvalue weighted by atomic mass is 9.97. The van der Waals surface area contributed by atoms with Gasteiger partial charge in [-0.05, 0) is 35.9 Å². The van der Waals surface area contributed by atoms with Crippen molar-refractivity contribution >= 4 is 22.7 Å². The van der Waals surface area contributed by atoms with Gasteiger partial charge in [-0.1, -0.05) is 0 Å².